The summed E-state index contributed by atoms with van der Waals surface area (Å²) in [5.74, 6) is 0. The van der Waals surface area contributed by atoms with Gasteiger partial charge in [0.2, 0.25) is 6.20 Å². The molecule has 0 spiro atoms. The van der Waals surface area contributed by atoms with Crippen LogP contribution in [0.4, 0.5) is 0 Å². The fourth-order valence-electron chi connectivity index (χ4n) is 0.855. The summed E-state index contributed by atoms with van der Waals surface area (Å²) in [7, 11) is 0. The number of H-pyrrole nitrogens is 1. The van der Waals surface area contributed by atoms with Gasteiger partial charge in [-0.3, -0.25) is 15.2 Å². The lowest BCUT2D eigenvalue weighted by molar-refractivity contribution is -0.970. The van der Waals surface area contributed by atoms with E-state index in [9.17, 15) is 4.79 Å². The Hall–Kier alpha value is -2.12. The molecule has 2 rings (SSSR count). The van der Waals surface area contributed by atoms with E-state index in [0.717, 1.165) is 0 Å². The lowest BCUT2D eigenvalue weighted by atomic mass is 10.8. The number of rotatable bonds is 2. The number of nitrogens with one attached hydrogen (secondary N) is 2. The zero-order valence-corrected chi connectivity index (χ0v) is 6.43. The highest BCUT2D eigenvalue weighted by atomic mass is 16.5. The second-order valence-corrected chi connectivity index (χ2v) is 2.36. The van der Waals surface area contributed by atoms with Gasteiger partial charge in [-0.05, 0) is 9.95 Å². The van der Waals surface area contributed by atoms with Crippen LogP contribution in [0.2, 0.25) is 0 Å². The molecule has 0 aromatic carbocycles. The molecule has 68 valence electrons. The van der Waals surface area contributed by atoms with Crippen molar-refractivity contribution >= 4 is 0 Å². The predicted molar refractivity (Wildman–Crippen MR) is 33.0 cm³/mol. The molecule has 2 heterocycles. The predicted octanol–water partition coefficient (Wildman–Crippen LogP) is -2.92. The Morgan fingerprint density at radius 3 is 3.00 bits per heavy atom. The number of hydrogen-bond donors (Lipinski definition) is 2. The first kappa shape index (κ1) is 7.53. The van der Waals surface area contributed by atoms with E-state index in [4.69, 9.17) is 5.41 Å². The van der Waals surface area contributed by atoms with E-state index in [1.807, 2.05) is 0 Å². The Labute approximate surface area is 70.4 Å². The van der Waals surface area contributed by atoms with Gasteiger partial charge in [-0.2, -0.15) is 4.68 Å². The van der Waals surface area contributed by atoms with Gasteiger partial charge >= 0.3 is 12.3 Å². The lowest BCUT2D eigenvalue weighted by Gasteiger charge is -1.86. The quantitative estimate of drug-likeness (QED) is 0.487. The summed E-state index contributed by atoms with van der Waals surface area (Å²) in [5.41, 5.74) is -0.526. The Morgan fingerprint density at radius 2 is 2.46 bits per heavy atom. The second kappa shape index (κ2) is 2.73. The van der Waals surface area contributed by atoms with Gasteiger partial charge in [0, 0.05) is 0 Å². The molecule has 2 aromatic heterocycles. The van der Waals surface area contributed by atoms with Crippen LogP contribution in [-0.2, 0) is 6.67 Å². The first-order valence-electron chi connectivity index (χ1n) is 3.40. The van der Waals surface area contributed by atoms with Crippen molar-refractivity contribution in [3.05, 3.63) is 28.4 Å². The minimum atomic E-state index is -0.477. The van der Waals surface area contributed by atoms with Crippen molar-refractivity contribution in [2.45, 2.75) is 6.67 Å². The lowest BCUT2D eigenvalue weighted by Crippen LogP contribution is -2.54. The Kier molecular flexibility index (Phi) is 1.58. The van der Waals surface area contributed by atoms with E-state index in [1.165, 1.54) is 21.8 Å². The molecule has 0 atom stereocenters. The van der Waals surface area contributed by atoms with E-state index in [-0.39, 0.29) is 12.2 Å². The summed E-state index contributed by atoms with van der Waals surface area (Å²) in [6.07, 6.45) is 2.60. The third-order valence-electron chi connectivity index (χ3n) is 1.33. The van der Waals surface area contributed by atoms with E-state index >= 15 is 0 Å². The summed E-state index contributed by atoms with van der Waals surface area (Å²) >= 11 is 0. The SMILES string of the molecule is N=c1c[n+](C[n+]2cc(=O)o[nH]2)[n-]o1. The van der Waals surface area contributed by atoms with Crippen LogP contribution >= 0.6 is 0 Å². The number of nitrogens with zero attached hydrogens (tertiary/aromatic N) is 3. The first-order valence-corrected chi connectivity index (χ1v) is 3.40. The van der Waals surface area contributed by atoms with Gasteiger partial charge in [0.1, 0.15) is 0 Å². The third-order valence-corrected chi connectivity index (χ3v) is 1.33. The molecule has 2 N–H and O–H groups in total. The largest absolute Gasteiger partial charge is 0.487 e. The van der Waals surface area contributed by atoms with Gasteiger partial charge in [0.25, 0.3) is 11.8 Å². The highest BCUT2D eigenvalue weighted by Crippen LogP contribution is 1.58. The van der Waals surface area contributed by atoms with Crippen LogP contribution in [0.25, 0.3) is 0 Å². The smallest absolute Gasteiger partial charge is 0.427 e. The molecule has 0 radical (unpaired) electrons. The van der Waals surface area contributed by atoms with Crippen LogP contribution < -0.4 is 25.8 Å². The maximum Gasteiger partial charge on any atom is 0.427 e. The minimum Gasteiger partial charge on any atom is -0.487 e. The summed E-state index contributed by atoms with van der Waals surface area (Å²) in [4.78, 5) is 10.6. The molecule has 0 aliphatic carbocycles. The topological polar surface area (TPSA) is 105 Å². The molecule has 8 nitrogen and oxygen atoms in total. The maximum atomic E-state index is 10.6. The fourth-order valence-corrected chi connectivity index (χ4v) is 0.855. The average Bonchev–Trinajstić information content (AvgIpc) is 2.62. The highest BCUT2D eigenvalue weighted by molar-refractivity contribution is 4.48. The van der Waals surface area contributed by atoms with Gasteiger partial charge < -0.3 is 4.52 Å². The Balaban J connectivity index is 2.23. The summed E-state index contributed by atoms with van der Waals surface area (Å²) in [6, 6.07) is 0. The average molecular weight is 184 g/mol. The number of aromatic nitrogens is 4. The van der Waals surface area contributed by atoms with Crippen LogP contribution in [0.15, 0.2) is 26.2 Å². The van der Waals surface area contributed by atoms with E-state index in [2.05, 4.69) is 19.6 Å². The fraction of sp³-hybridized carbons (Fsp3) is 0.200. The van der Waals surface area contributed by atoms with E-state index < -0.39 is 5.63 Å². The van der Waals surface area contributed by atoms with Crippen molar-refractivity contribution < 1.29 is 18.4 Å². The molecule has 13 heavy (non-hydrogen) atoms. The maximum absolute atomic E-state index is 10.6. The molecule has 0 unspecified atom stereocenters. The van der Waals surface area contributed by atoms with Crippen molar-refractivity contribution in [1.82, 2.24) is 10.5 Å². The zero-order chi connectivity index (χ0) is 9.26. The summed E-state index contributed by atoms with van der Waals surface area (Å²) in [5, 5.41) is 12.9. The molecule has 0 fully saturated rings. The van der Waals surface area contributed by atoms with Gasteiger partial charge in [-0.15, -0.1) is 0 Å². The Bertz CT molecular complexity index is 456. The molecule has 8 heteroatoms. The van der Waals surface area contributed by atoms with Crippen LogP contribution in [-0.4, -0.2) is 5.27 Å². The van der Waals surface area contributed by atoms with E-state index in [0.29, 0.717) is 0 Å². The van der Waals surface area contributed by atoms with Gasteiger partial charge in [0.05, 0.1) is 0 Å². The molecule has 0 aliphatic rings. The molecule has 0 saturated heterocycles. The second-order valence-electron chi connectivity index (χ2n) is 2.36. The third kappa shape index (κ3) is 1.55. The number of hydrogen-bond acceptors (Lipinski definition) is 4. The van der Waals surface area contributed by atoms with Gasteiger partial charge in [0.15, 0.2) is 0 Å². The van der Waals surface area contributed by atoms with Crippen molar-refractivity contribution in [1.29, 1.82) is 5.41 Å². The molecular weight excluding hydrogens is 178 g/mol. The molecule has 0 bridgehead atoms. The normalized spacial score (nSPS) is 10.5. The van der Waals surface area contributed by atoms with Crippen molar-refractivity contribution in [3.8, 4) is 0 Å². The van der Waals surface area contributed by atoms with E-state index in [1.54, 1.807) is 0 Å². The first-order chi connectivity index (χ1) is 6.24. The molecular formula is C5H6N5O3+. The van der Waals surface area contributed by atoms with Crippen molar-refractivity contribution in [3.63, 3.8) is 0 Å². The monoisotopic (exact) mass is 184 g/mol. The zero-order valence-electron chi connectivity index (χ0n) is 6.43. The summed E-state index contributed by atoms with van der Waals surface area (Å²) < 4.78 is 11.6. The van der Waals surface area contributed by atoms with Crippen molar-refractivity contribution in [2.75, 3.05) is 0 Å². The minimum absolute atomic E-state index is 0.0496. The van der Waals surface area contributed by atoms with Crippen LogP contribution in [0.3, 0.4) is 0 Å². The van der Waals surface area contributed by atoms with Gasteiger partial charge in [-0.25, -0.2) is 4.79 Å². The van der Waals surface area contributed by atoms with Crippen LogP contribution in [0, 0.1) is 5.41 Å². The van der Waals surface area contributed by atoms with Crippen molar-refractivity contribution in [2.24, 2.45) is 0 Å². The Morgan fingerprint density at radius 1 is 1.62 bits per heavy atom. The molecule has 2 aromatic rings. The van der Waals surface area contributed by atoms with Gasteiger partial charge in [-0.1, -0.05) is 0 Å². The van der Waals surface area contributed by atoms with Crippen LogP contribution in [0.1, 0.15) is 0 Å². The molecule has 0 saturated carbocycles. The highest BCUT2D eigenvalue weighted by Gasteiger charge is 2.09. The van der Waals surface area contributed by atoms with Crippen LogP contribution in [0.5, 0.6) is 0 Å². The molecule has 0 aliphatic heterocycles. The molecule has 0 amide bonds. The summed E-state index contributed by atoms with van der Waals surface area (Å²) in [6.45, 7) is 0.230. The standard InChI is InChI=1S/C5H5N5O3/c6-4-1-9(7-12-4)3-10-2-5(11)13-8-10/h1-2,6H,3H2/p+1. The number of aromatic amines is 1.